The zero-order valence-corrected chi connectivity index (χ0v) is 16.7. The minimum atomic E-state index is 0.0598. The fraction of sp³-hybridized carbons (Fsp3) is 0.250. The van der Waals surface area contributed by atoms with Crippen LogP contribution in [-0.2, 0) is 0 Å². The van der Waals surface area contributed by atoms with Gasteiger partial charge in [0.2, 0.25) is 0 Å². The van der Waals surface area contributed by atoms with E-state index in [1.54, 1.807) is 6.92 Å². The third-order valence-electron chi connectivity index (χ3n) is 4.08. The molecule has 1 N–H and O–H groups in total. The third-order valence-corrected chi connectivity index (χ3v) is 4.08. The number of aliphatic hydroxyl groups is 1. The molecule has 0 saturated carbocycles. The van der Waals surface area contributed by atoms with Crippen LogP contribution in [0.15, 0.2) is 60.7 Å². The predicted molar refractivity (Wildman–Crippen MR) is 114 cm³/mol. The fourth-order valence-electron chi connectivity index (χ4n) is 2.73. The van der Waals surface area contributed by atoms with Crippen molar-refractivity contribution in [1.82, 2.24) is 4.98 Å². The summed E-state index contributed by atoms with van der Waals surface area (Å²) in [4.78, 5) is 16.8. The molecule has 0 aliphatic heterocycles. The average molecular weight is 361 g/mol. The van der Waals surface area contributed by atoms with E-state index in [1.807, 2.05) is 30.3 Å². The molecule has 0 atom stereocenters. The van der Waals surface area contributed by atoms with Crippen molar-refractivity contribution >= 4 is 22.8 Å². The Kier molecular flexibility index (Phi) is 6.65. The van der Waals surface area contributed by atoms with Gasteiger partial charge in [0.1, 0.15) is 0 Å². The minimum Gasteiger partial charge on any atom is -0.400 e. The molecule has 27 heavy (non-hydrogen) atoms. The van der Waals surface area contributed by atoms with Gasteiger partial charge in [0, 0.05) is 23.6 Å². The van der Waals surface area contributed by atoms with Gasteiger partial charge in [-0.25, -0.2) is 4.98 Å². The Morgan fingerprint density at radius 3 is 2.22 bits per heavy atom. The van der Waals surface area contributed by atoms with E-state index in [0.717, 1.165) is 40.4 Å². The molecule has 2 aromatic carbocycles. The lowest BCUT2D eigenvalue weighted by atomic mass is 9.95. The number of pyridine rings is 1. The van der Waals surface area contributed by atoms with Crippen LogP contribution in [0.5, 0.6) is 0 Å². The van der Waals surface area contributed by atoms with Crippen molar-refractivity contribution < 1.29 is 9.90 Å². The second kappa shape index (κ2) is 8.74. The number of hydrogen-bond acceptors (Lipinski definition) is 3. The summed E-state index contributed by atoms with van der Waals surface area (Å²) in [5.74, 6) is 0.0598. The number of Topliss-reactive ketones (excluding diaryl/α,β-unsaturated/α-hetero) is 1. The summed E-state index contributed by atoms with van der Waals surface area (Å²) in [6.07, 6.45) is 4.34. The van der Waals surface area contributed by atoms with Gasteiger partial charge in [0.15, 0.2) is 5.78 Å². The Balaban J connectivity index is 0.00000126. The first-order chi connectivity index (χ1) is 12.8. The van der Waals surface area contributed by atoms with E-state index >= 15 is 0 Å². The van der Waals surface area contributed by atoms with Gasteiger partial charge in [-0.3, -0.25) is 4.79 Å². The van der Waals surface area contributed by atoms with Crippen LogP contribution in [0.3, 0.4) is 0 Å². The van der Waals surface area contributed by atoms with Crippen LogP contribution in [0.2, 0.25) is 0 Å². The number of carbonyl (C=O) groups excluding carboxylic acids is 1. The molecule has 0 fully saturated rings. The zero-order valence-electron chi connectivity index (χ0n) is 16.7. The maximum absolute atomic E-state index is 12.0. The van der Waals surface area contributed by atoms with E-state index in [4.69, 9.17) is 10.1 Å². The number of ketones is 1. The molecule has 0 unspecified atom stereocenters. The standard InChI is InChI=1S/C23H23NO.CH4O/c1-16(25)20-15-22(24-21-8-6-5-7-19(20)21)18-11-9-17(10-12-18)13-14-23(2,3)4;1-2/h5-15H,1-4H3;2H,1H3/b14-13+;. The summed E-state index contributed by atoms with van der Waals surface area (Å²) < 4.78 is 0. The third kappa shape index (κ3) is 5.35. The lowest BCUT2D eigenvalue weighted by Gasteiger charge is -2.11. The molecule has 3 heteroatoms. The van der Waals surface area contributed by atoms with Gasteiger partial charge in [0.05, 0.1) is 11.2 Å². The number of hydrogen-bond donors (Lipinski definition) is 1. The Labute approximate surface area is 161 Å². The number of benzene rings is 2. The van der Waals surface area contributed by atoms with Gasteiger partial charge < -0.3 is 5.11 Å². The second-order valence-corrected chi connectivity index (χ2v) is 7.45. The number of nitrogens with zero attached hydrogens (tertiary/aromatic N) is 1. The molecule has 3 nitrogen and oxygen atoms in total. The number of fused-ring (bicyclic) bond motifs is 1. The first kappa shape index (κ1) is 20.5. The molecule has 3 rings (SSSR count). The van der Waals surface area contributed by atoms with Gasteiger partial charge in [-0.05, 0) is 30.0 Å². The van der Waals surface area contributed by atoms with Crippen molar-refractivity contribution in [1.29, 1.82) is 0 Å². The van der Waals surface area contributed by atoms with Gasteiger partial charge >= 0.3 is 0 Å². The molecule has 1 heterocycles. The fourth-order valence-corrected chi connectivity index (χ4v) is 2.73. The Hall–Kier alpha value is -2.78. The molecule has 140 valence electrons. The van der Waals surface area contributed by atoms with Crippen molar-refractivity contribution in [2.45, 2.75) is 27.7 Å². The van der Waals surface area contributed by atoms with E-state index in [1.165, 1.54) is 0 Å². The first-order valence-electron chi connectivity index (χ1n) is 8.99. The van der Waals surface area contributed by atoms with E-state index in [9.17, 15) is 4.79 Å². The highest BCUT2D eigenvalue weighted by Crippen LogP contribution is 2.26. The molecular formula is C24H27NO2. The number of aliphatic hydroxyl groups excluding tert-OH is 1. The van der Waals surface area contributed by atoms with Crippen LogP contribution in [0.25, 0.3) is 28.2 Å². The van der Waals surface area contributed by atoms with Crippen molar-refractivity contribution in [2.75, 3.05) is 7.11 Å². The number of aromatic nitrogens is 1. The highest BCUT2D eigenvalue weighted by molar-refractivity contribution is 6.07. The van der Waals surface area contributed by atoms with E-state index in [2.05, 4.69) is 57.2 Å². The number of para-hydroxylation sites is 1. The van der Waals surface area contributed by atoms with E-state index in [-0.39, 0.29) is 11.2 Å². The molecule has 0 aliphatic carbocycles. The van der Waals surface area contributed by atoms with Crippen LogP contribution in [0.4, 0.5) is 0 Å². The van der Waals surface area contributed by atoms with E-state index in [0.29, 0.717) is 0 Å². The zero-order chi connectivity index (χ0) is 20.0. The second-order valence-electron chi connectivity index (χ2n) is 7.45. The van der Waals surface area contributed by atoms with Crippen LogP contribution in [-0.4, -0.2) is 23.0 Å². The Morgan fingerprint density at radius 1 is 1.00 bits per heavy atom. The summed E-state index contributed by atoms with van der Waals surface area (Å²) in [5.41, 5.74) is 4.73. The smallest absolute Gasteiger partial charge is 0.160 e. The quantitative estimate of drug-likeness (QED) is 0.602. The van der Waals surface area contributed by atoms with Crippen molar-refractivity contribution in [3.8, 4) is 11.3 Å². The summed E-state index contributed by atoms with van der Waals surface area (Å²) in [7, 11) is 1.00. The molecule has 0 amide bonds. The average Bonchev–Trinajstić information content (AvgIpc) is 2.67. The summed E-state index contributed by atoms with van der Waals surface area (Å²) in [6, 6.07) is 18.0. The Bertz CT molecular complexity index is 948. The topological polar surface area (TPSA) is 50.2 Å². The number of carbonyl (C=O) groups is 1. The molecule has 0 saturated heterocycles. The molecule has 0 spiro atoms. The van der Waals surface area contributed by atoms with Crippen molar-refractivity contribution in [2.24, 2.45) is 5.41 Å². The molecular weight excluding hydrogens is 334 g/mol. The first-order valence-corrected chi connectivity index (χ1v) is 8.99. The normalized spacial score (nSPS) is 11.3. The van der Waals surface area contributed by atoms with Gasteiger partial charge in [-0.2, -0.15) is 0 Å². The van der Waals surface area contributed by atoms with Crippen LogP contribution < -0.4 is 0 Å². The van der Waals surface area contributed by atoms with Crippen LogP contribution >= 0.6 is 0 Å². The van der Waals surface area contributed by atoms with Gasteiger partial charge in [0.25, 0.3) is 0 Å². The summed E-state index contributed by atoms with van der Waals surface area (Å²) >= 11 is 0. The van der Waals surface area contributed by atoms with Crippen LogP contribution in [0, 0.1) is 5.41 Å². The maximum atomic E-state index is 12.0. The minimum absolute atomic E-state index is 0.0598. The highest BCUT2D eigenvalue weighted by atomic mass is 16.2. The maximum Gasteiger partial charge on any atom is 0.160 e. The summed E-state index contributed by atoms with van der Waals surface area (Å²) in [5, 5.41) is 7.91. The van der Waals surface area contributed by atoms with E-state index < -0.39 is 0 Å². The molecule has 1 aromatic heterocycles. The monoisotopic (exact) mass is 361 g/mol. The largest absolute Gasteiger partial charge is 0.400 e. The molecule has 3 aromatic rings. The van der Waals surface area contributed by atoms with Crippen molar-refractivity contribution in [3.63, 3.8) is 0 Å². The SMILES string of the molecule is CC(=O)c1cc(-c2ccc(/C=C/C(C)(C)C)cc2)nc2ccccc12.CO. The van der Waals surface area contributed by atoms with Crippen LogP contribution in [0.1, 0.15) is 43.6 Å². The highest BCUT2D eigenvalue weighted by Gasteiger charge is 2.10. The lowest BCUT2D eigenvalue weighted by Crippen LogP contribution is -1.98. The van der Waals surface area contributed by atoms with Gasteiger partial charge in [-0.15, -0.1) is 0 Å². The Morgan fingerprint density at radius 2 is 1.63 bits per heavy atom. The molecule has 0 bridgehead atoms. The lowest BCUT2D eigenvalue weighted by molar-refractivity contribution is 0.101. The predicted octanol–water partition coefficient (Wildman–Crippen LogP) is 5.77. The number of allylic oxidation sites excluding steroid dienone is 1. The number of rotatable bonds is 3. The molecule has 0 radical (unpaired) electrons. The molecule has 0 aliphatic rings. The van der Waals surface area contributed by atoms with Crippen molar-refractivity contribution in [3.05, 3.63) is 71.8 Å². The van der Waals surface area contributed by atoms with Gasteiger partial charge in [-0.1, -0.05) is 75.4 Å². The summed E-state index contributed by atoms with van der Waals surface area (Å²) in [6.45, 7) is 8.15.